The predicted octanol–water partition coefficient (Wildman–Crippen LogP) is 5.28. The lowest BCUT2D eigenvalue weighted by molar-refractivity contribution is -0.128. The Morgan fingerprint density at radius 2 is 1.43 bits per heavy atom. The number of carbonyl (C=O) groups is 3. The lowest BCUT2D eigenvalue weighted by Crippen LogP contribution is -2.53. The van der Waals surface area contributed by atoms with Gasteiger partial charge in [-0.2, -0.15) is 0 Å². The van der Waals surface area contributed by atoms with Crippen LogP contribution in [-0.4, -0.2) is 67.9 Å². The Hall–Kier alpha value is -5.06. The Bertz CT molecular complexity index is 1590. The zero-order valence-electron chi connectivity index (χ0n) is 25.7. The van der Waals surface area contributed by atoms with Crippen molar-refractivity contribution in [3.8, 4) is 11.5 Å². The molecule has 1 aliphatic heterocycles. The van der Waals surface area contributed by atoms with Crippen LogP contribution >= 0.6 is 0 Å². The SMILES string of the molecule is CC(=O)c1ccc(N2CCN(CC(=O)NC(COCc3ccccc3)C(=O)Nc3ccc(Oc4ccc(F)cc4)cc3)CC2)cc1. The largest absolute Gasteiger partial charge is 0.457 e. The van der Waals surface area contributed by atoms with Crippen LogP contribution in [0.1, 0.15) is 22.8 Å². The molecule has 1 heterocycles. The fourth-order valence-corrected chi connectivity index (χ4v) is 5.04. The molecule has 4 aromatic carbocycles. The molecule has 0 aromatic heterocycles. The van der Waals surface area contributed by atoms with Crippen LogP contribution in [0.15, 0.2) is 103 Å². The van der Waals surface area contributed by atoms with E-state index >= 15 is 0 Å². The first-order valence-electron chi connectivity index (χ1n) is 15.2. The summed E-state index contributed by atoms with van der Waals surface area (Å²) in [6.07, 6.45) is 0. The highest BCUT2D eigenvalue weighted by Gasteiger charge is 2.24. The third kappa shape index (κ3) is 9.47. The quantitative estimate of drug-likeness (QED) is 0.195. The second-order valence-electron chi connectivity index (χ2n) is 11.1. The molecule has 238 valence electrons. The van der Waals surface area contributed by atoms with E-state index in [-0.39, 0.29) is 30.7 Å². The topological polar surface area (TPSA) is 100 Å². The van der Waals surface area contributed by atoms with E-state index in [0.29, 0.717) is 42.4 Å². The van der Waals surface area contributed by atoms with Crippen molar-refractivity contribution in [2.75, 3.05) is 49.5 Å². The van der Waals surface area contributed by atoms with E-state index in [0.717, 1.165) is 24.3 Å². The zero-order chi connectivity index (χ0) is 32.3. The summed E-state index contributed by atoms with van der Waals surface area (Å²) in [4.78, 5) is 42.3. The molecule has 1 atom stereocenters. The molecule has 4 aromatic rings. The fraction of sp³-hybridized carbons (Fsp3) is 0.250. The van der Waals surface area contributed by atoms with Gasteiger partial charge in [-0.3, -0.25) is 19.3 Å². The van der Waals surface area contributed by atoms with Gasteiger partial charge in [0.15, 0.2) is 5.78 Å². The summed E-state index contributed by atoms with van der Waals surface area (Å²) in [6.45, 7) is 4.80. The molecule has 1 fully saturated rings. The highest BCUT2D eigenvalue weighted by atomic mass is 19.1. The average molecular weight is 625 g/mol. The van der Waals surface area contributed by atoms with Crippen molar-refractivity contribution in [1.82, 2.24) is 10.2 Å². The van der Waals surface area contributed by atoms with E-state index in [2.05, 4.69) is 20.4 Å². The number of anilines is 2. The van der Waals surface area contributed by atoms with Gasteiger partial charge in [0.2, 0.25) is 11.8 Å². The molecule has 46 heavy (non-hydrogen) atoms. The number of rotatable bonds is 13. The van der Waals surface area contributed by atoms with E-state index in [1.54, 1.807) is 31.2 Å². The number of ether oxygens (including phenoxy) is 2. The Labute approximate surface area is 267 Å². The third-order valence-electron chi connectivity index (χ3n) is 7.60. The summed E-state index contributed by atoms with van der Waals surface area (Å²) >= 11 is 0. The summed E-state index contributed by atoms with van der Waals surface area (Å²) in [6, 6.07) is 28.7. The van der Waals surface area contributed by atoms with Gasteiger partial charge >= 0.3 is 0 Å². The van der Waals surface area contributed by atoms with Crippen LogP contribution in [0.3, 0.4) is 0 Å². The first-order valence-corrected chi connectivity index (χ1v) is 15.2. The Morgan fingerprint density at radius 1 is 0.804 bits per heavy atom. The number of hydrogen-bond acceptors (Lipinski definition) is 7. The number of piperazine rings is 1. The molecular formula is C36H37FN4O5. The van der Waals surface area contributed by atoms with E-state index in [4.69, 9.17) is 9.47 Å². The Kier molecular flexibility index (Phi) is 11.1. The Balaban J connectivity index is 1.15. The molecule has 10 heteroatoms. The molecule has 2 amide bonds. The molecule has 2 N–H and O–H groups in total. The summed E-state index contributed by atoms with van der Waals surface area (Å²) in [5.74, 6) is 0.00970. The Morgan fingerprint density at radius 3 is 2.07 bits per heavy atom. The van der Waals surface area contributed by atoms with Crippen molar-refractivity contribution in [3.05, 3.63) is 120 Å². The number of Topliss-reactive ketones (excluding diaryl/α,β-unsaturated/α-hetero) is 1. The van der Waals surface area contributed by atoms with Gasteiger partial charge in [-0.1, -0.05) is 30.3 Å². The van der Waals surface area contributed by atoms with Crippen LogP contribution in [0.4, 0.5) is 15.8 Å². The summed E-state index contributed by atoms with van der Waals surface area (Å²) in [5.41, 5.74) is 3.19. The van der Waals surface area contributed by atoms with Crippen molar-refractivity contribution >= 4 is 29.0 Å². The molecule has 1 saturated heterocycles. The standard InChI is InChI=1S/C36H37FN4O5/c1-26(42)28-7-13-31(14-8-28)41-21-19-40(20-22-41)23-35(43)39-34(25-45-24-27-5-3-2-4-6-27)36(44)38-30-11-17-33(18-12-30)46-32-15-9-29(37)10-16-32/h2-18,34H,19-25H2,1H3,(H,38,44)(H,39,43). The van der Waals surface area contributed by atoms with Crippen LogP contribution in [-0.2, 0) is 20.9 Å². The van der Waals surface area contributed by atoms with Crippen molar-refractivity contribution in [2.45, 2.75) is 19.6 Å². The lowest BCUT2D eigenvalue weighted by Gasteiger charge is -2.36. The van der Waals surface area contributed by atoms with E-state index in [1.165, 1.54) is 24.3 Å². The normalized spacial score (nSPS) is 13.9. The van der Waals surface area contributed by atoms with Crippen molar-refractivity contribution in [3.63, 3.8) is 0 Å². The van der Waals surface area contributed by atoms with Gasteiger partial charge in [0.05, 0.1) is 19.8 Å². The predicted molar refractivity (Wildman–Crippen MR) is 175 cm³/mol. The van der Waals surface area contributed by atoms with Gasteiger partial charge in [0, 0.05) is 43.1 Å². The fourth-order valence-electron chi connectivity index (χ4n) is 5.04. The number of benzene rings is 4. The number of carbonyl (C=O) groups excluding carboxylic acids is 3. The maximum atomic E-state index is 13.3. The molecule has 1 unspecified atom stereocenters. The van der Waals surface area contributed by atoms with Crippen LogP contribution in [0, 0.1) is 5.82 Å². The average Bonchev–Trinajstić information content (AvgIpc) is 3.07. The number of nitrogens with one attached hydrogen (secondary N) is 2. The smallest absolute Gasteiger partial charge is 0.249 e. The number of halogens is 1. The minimum atomic E-state index is -0.924. The summed E-state index contributed by atoms with van der Waals surface area (Å²) < 4.78 is 24.8. The third-order valence-corrected chi connectivity index (χ3v) is 7.60. The van der Waals surface area contributed by atoms with Crippen LogP contribution < -0.4 is 20.3 Å². The summed E-state index contributed by atoms with van der Waals surface area (Å²) in [7, 11) is 0. The second-order valence-corrected chi connectivity index (χ2v) is 11.1. The van der Waals surface area contributed by atoms with Crippen LogP contribution in [0.5, 0.6) is 11.5 Å². The van der Waals surface area contributed by atoms with E-state index in [9.17, 15) is 18.8 Å². The van der Waals surface area contributed by atoms with E-state index in [1.807, 2.05) is 54.6 Å². The van der Waals surface area contributed by atoms with Crippen molar-refractivity contribution < 1.29 is 28.2 Å². The summed E-state index contributed by atoms with van der Waals surface area (Å²) in [5, 5.41) is 5.71. The van der Waals surface area contributed by atoms with Gasteiger partial charge in [-0.15, -0.1) is 0 Å². The molecule has 0 radical (unpaired) electrons. The van der Waals surface area contributed by atoms with Gasteiger partial charge in [0.25, 0.3) is 0 Å². The van der Waals surface area contributed by atoms with Gasteiger partial charge in [-0.25, -0.2) is 4.39 Å². The highest BCUT2D eigenvalue weighted by molar-refractivity contribution is 5.97. The molecule has 1 aliphatic rings. The van der Waals surface area contributed by atoms with Gasteiger partial charge in [-0.05, 0) is 85.3 Å². The first-order chi connectivity index (χ1) is 22.3. The minimum Gasteiger partial charge on any atom is -0.457 e. The van der Waals surface area contributed by atoms with Crippen molar-refractivity contribution in [1.29, 1.82) is 0 Å². The molecular weight excluding hydrogens is 587 g/mol. The maximum Gasteiger partial charge on any atom is 0.249 e. The monoisotopic (exact) mass is 624 g/mol. The molecule has 0 aliphatic carbocycles. The number of ketones is 1. The lowest BCUT2D eigenvalue weighted by atomic mass is 10.1. The molecule has 9 nitrogen and oxygen atoms in total. The van der Waals surface area contributed by atoms with E-state index < -0.39 is 11.9 Å². The second kappa shape index (κ2) is 15.8. The number of nitrogens with zero attached hydrogens (tertiary/aromatic N) is 2. The molecule has 5 rings (SSSR count). The molecule has 0 spiro atoms. The van der Waals surface area contributed by atoms with Crippen molar-refractivity contribution in [2.24, 2.45) is 0 Å². The number of hydrogen-bond donors (Lipinski definition) is 2. The maximum absolute atomic E-state index is 13.3. The van der Waals surface area contributed by atoms with Gasteiger partial charge in [0.1, 0.15) is 23.4 Å². The van der Waals surface area contributed by atoms with Crippen LogP contribution in [0.25, 0.3) is 0 Å². The van der Waals surface area contributed by atoms with Gasteiger partial charge < -0.3 is 25.0 Å². The zero-order valence-corrected chi connectivity index (χ0v) is 25.7. The van der Waals surface area contributed by atoms with Crippen LogP contribution in [0.2, 0.25) is 0 Å². The molecule has 0 bridgehead atoms. The first kappa shape index (κ1) is 32.3. The minimum absolute atomic E-state index is 0.0116. The highest BCUT2D eigenvalue weighted by Crippen LogP contribution is 2.23. The molecule has 0 saturated carbocycles. The number of amides is 2.